The molecule has 0 aliphatic heterocycles. The van der Waals surface area contributed by atoms with E-state index in [9.17, 15) is 4.79 Å². The zero-order valence-electron chi connectivity index (χ0n) is 8.04. The average molecular weight is 225 g/mol. The van der Waals surface area contributed by atoms with Gasteiger partial charge in [0.1, 0.15) is 16.9 Å². The summed E-state index contributed by atoms with van der Waals surface area (Å²) in [5.41, 5.74) is 0.325. The van der Waals surface area contributed by atoms with Gasteiger partial charge in [-0.05, 0) is 6.07 Å². The monoisotopic (exact) mass is 224 g/mol. The molecule has 0 fully saturated rings. The normalized spacial score (nSPS) is 9.13. The number of carbonyl (C=O) groups is 1. The zero-order valence-corrected chi connectivity index (χ0v) is 8.80. The van der Waals surface area contributed by atoms with Crippen LogP contribution in [0.25, 0.3) is 0 Å². The van der Waals surface area contributed by atoms with Crippen LogP contribution in [0.4, 0.5) is 5.82 Å². The largest absolute Gasteiger partial charge is 0.360 e. The fourth-order valence-corrected chi connectivity index (χ4v) is 1.13. The molecule has 0 spiro atoms. The predicted octanol–water partition coefficient (Wildman–Crippen LogP) is 0.765. The van der Waals surface area contributed by atoms with Gasteiger partial charge < -0.3 is 10.6 Å². The van der Waals surface area contributed by atoms with Crippen LogP contribution < -0.4 is 10.6 Å². The minimum absolute atomic E-state index is 0.0676. The number of halogens is 1. The second kappa shape index (κ2) is 5.17. The summed E-state index contributed by atoms with van der Waals surface area (Å²) in [6.07, 6.45) is 1.45. The minimum Gasteiger partial charge on any atom is -0.360 e. The first-order valence-electron chi connectivity index (χ1n) is 4.18. The van der Waals surface area contributed by atoms with Crippen LogP contribution in [-0.2, 0) is 4.79 Å². The van der Waals surface area contributed by atoms with Crippen molar-refractivity contribution >= 4 is 23.3 Å². The number of likely N-dealkylation sites (N-methyl/N-ethyl adjacent to an activating group) is 1. The summed E-state index contributed by atoms with van der Waals surface area (Å²) in [6, 6.07) is 3.43. The van der Waals surface area contributed by atoms with Crippen molar-refractivity contribution in [1.29, 1.82) is 5.26 Å². The van der Waals surface area contributed by atoms with Crippen LogP contribution in [0.3, 0.4) is 0 Å². The molecule has 1 heterocycles. The first-order valence-corrected chi connectivity index (χ1v) is 4.56. The number of nitrogens with one attached hydrogen (secondary N) is 2. The van der Waals surface area contributed by atoms with Crippen LogP contribution >= 0.6 is 11.6 Å². The lowest BCUT2D eigenvalue weighted by molar-refractivity contribution is -0.118. The lowest BCUT2D eigenvalue weighted by Crippen LogP contribution is -2.26. The number of carbonyl (C=O) groups excluding carboxylic acids is 1. The maximum atomic E-state index is 10.9. The van der Waals surface area contributed by atoms with E-state index >= 15 is 0 Å². The molecule has 5 nitrogen and oxygen atoms in total. The number of nitrogens with zero attached hydrogens (tertiary/aromatic N) is 2. The summed E-state index contributed by atoms with van der Waals surface area (Å²) in [5.74, 6) is 0.148. The van der Waals surface area contributed by atoms with Crippen molar-refractivity contribution in [2.24, 2.45) is 0 Å². The number of hydrogen-bond donors (Lipinski definition) is 2. The Kier molecular flexibility index (Phi) is 3.89. The SMILES string of the molecule is CNC(=O)CNc1nccc(C#N)c1Cl. The molecule has 0 atom stereocenters. The quantitative estimate of drug-likeness (QED) is 0.795. The molecule has 78 valence electrons. The second-order valence-electron chi connectivity index (χ2n) is 2.66. The highest BCUT2D eigenvalue weighted by molar-refractivity contribution is 6.34. The van der Waals surface area contributed by atoms with Gasteiger partial charge >= 0.3 is 0 Å². The van der Waals surface area contributed by atoms with Crippen LogP contribution in [0.1, 0.15) is 5.56 Å². The topological polar surface area (TPSA) is 77.8 Å². The molecule has 0 aliphatic carbocycles. The number of anilines is 1. The Morgan fingerprint density at radius 3 is 3.07 bits per heavy atom. The smallest absolute Gasteiger partial charge is 0.239 e. The molecule has 0 aromatic carbocycles. The Balaban J connectivity index is 2.78. The third-order valence-corrected chi connectivity index (χ3v) is 2.09. The molecule has 0 saturated heterocycles. The Hall–Kier alpha value is -1.80. The predicted molar refractivity (Wildman–Crippen MR) is 56.5 cm³/mol. The van der Waals surface area contributed by atoms with E-state index in [0.717, 1.165) is 0 Å². The molecule has 1 rings (SSSR count). The summed E-state index contributed by atoms with van der Waals surface area (Å²) >= 11 is 5.86. The Morgan fingerprint density at radius 1 is 1.73 bits per heavy atom. The van der Waals surface area contributed by atoms with Crippen LogP contribution in [0, 0.1) is 11.3 Å². The summed E-state index contributed by atoms with van der Waals surface area (Å²) in [5, 5.41) is 14.1. The van der Waals surface area contributed by atoms with Gasteiger partial charge in [0.25, 0.3) is 0 Å². The van der Waals surface area contributed by atoms with Crippen molar-refractivity contribution in [2.45, 2.75) is 0 Å². The van der Waals surface area contributed by atoms with Gasteiger partial charge in [0.2, 0.25) is 5.91 Å². The Labute approximate surface area is 92.1 Å². The van der Waals surface area contributed by atoms with Gasteiger partial charge in [0.15, 0.2) is 0 Å². The molecular weight excluding hydrogens is 216 g/mol. The zero-order chi connectivity index (χ0) is 11.3. The molecule has 6 heteroatoms. The summed E-state index contributed by atoms with van der Waals surface area (Å²) < 4.78 is 0. The van der Waals surface area contributed by atoms with Crippen LogP contribution in [-0.4, -0.2) is 24.5 Å². The summed E-state index contributed by atoms with van der Waals surface area (Å²) in [7, 11) is 1.53. The molecule has 1 aromatic heterocycles. The van der Waals surface area contributed by atoms with Crippen molar-refractivity contribution in [3.05, 3.63) is 22.8 Å². The fourth-order valence-electron chi connectivity index (χ4n) is 0.906. The highest BCUT2D eigenvalue weighted by atomic mass is 35.5. The Morgan fingerprint density at radius 2 is 2.47 bits per heavy atom. The van der Waals surface area contributed by atoms with Gasteiger partial charge in [-0.25, -0.2) is 4.98 Å². The van der Waals surface area contributed by atoms with Crippen LogP contribution in [0.2, 0.25) is 5.02 Å². The molecule has 1 aromatic rings. The number of aromatic nitrogens is 1. The highest BCUT2D eigenvalue weighted by Crippen LogP contribution is 2.22. The van der Waals surface area contributed by atoms with Gasteiger partial charge in [0.05, 0.1) is 12.1 Å². The van der Waals surface area contributed by atoms with E-state index in [4.69, 9.17) is 16.9 Å². The number of amides is 1. The molecular formula is C9H9ClN4O. The van der Waals surface area contributed by atoms with Crippen LogP contribution in [0.15, 0.2) is 12.3 Å². The lowest BCUT2D eigenvalue weighted by Gasteiger charge is -2.06. The summed E-state index contributed by atoms with van der Waals surface area (Å²) in [6.45, 7) is 0.0676. The highest BCUT2D eigenvalue weighted by Gasteiger charge is 2.07. The van der Waals surface area contributed by atoms with Crippen LogP contribution in [0.5, 0.6) is 0 Å². The van der Waals surface area contributed by atoms with Gasteiger partial charge in [-0.2, -0.15) is 5.26 Å². The van der Waals surface area contributed by atoms with E-state index < -0.39 is 0 Å². The summed E-state index contributed by atoms with van der Waals surface area (Å²) in [4.78, 5) is 14.9. The maximum Gasteiger partial charge on any atom is 0.239 e. The van der Waals surface area contributed by atoms with Gasteiger partial charge in [-0.1, -0.05) is 11.6 Å². The standard InChI is InChI=1S/C9H9ClN4O/c1-12-7(15)5-14-9-8(10)6(4-11)2-3-13-9/h2-3H,5H2,1H3,(H,12,15)(H,13,14). The van der Waals surface area contributed by atoms with E-state index in [1.807, 2.05) is 6.07 Å². The third kappa shape index (κ3) is 2.82. The molecule has 0 radical (unpaired) electrons. The fraction of sp³-hybridized carbons (Fsp3) is 0.222. The molecule has 0 aliphatic rings. The molecule has 2 N–H and O–H groups in total. The number of pyridine rings is 1. The van der Waals surface area contributed by atoms with E-state index in [1.54, 1.807) is 0 Å². The minimum atomic E-state index is -0.185. The van der Waals surface area contributed by atoms with E-state index in [2.05, 4.69) is 15.6 Å². The number of rotatable bonds is 3. The molecule has 0 saturated carbocycles. The van der Waals surface area contributed by atoms with Crippen molar-refractivity contribution in [3.63, 3.8) is 0 Å². The van der Waals surface area contributed by atoms with Crippen molar-refractivity contribution in [1.82, 2.24) is 10.3 Å². The van der Waals surface area contributed by atoms with E-state index in [0.29, 0.717) is 11.4 Å². The first kappa shape index (κ1) is 11.3. The molecule has 0 bridgehead atoms. The Bertz CT molecular complexity index is 413. The van der Waals surface area contributed by atoms with Crippen molar-refractivity contribution in [3.8, 4) is 6.07 Å². The first-order chi connectivity index (χ1) is 7.19. The number of hydrogen-bond acceptors (Lipinski definition) is 4. The second-order valence-corrected chi connectivity index (χ2v) is 3.04. The van der Waals surface area contributed by atoms with Gasteiger partial charge in [-0.3, -0.25) is 4.79 Å². The third-order valence-electron chi connectivity index (χ3n) is 1.70. The average Bonchev–Trinajstić information content (AvgIpc) is 2.27. The molecule has 1 amide bonds. The van der Waals surface area contributed by atoms with E-state index in [1.165, 1.54) is 19.3 Å². The molecule has 0 unspecified atom stereocenters. The van der Waals surface area contributed by atoms with Crippen molar-refractivity contribution in [2.75, 3.05) is 18.9 Å². The number of nitriles is 1. The van der Waals surface area contributed by atoms with Gasteiger partial charge in [0, 0.05) is 13.2 Å². The lowest BCUT2D eigenvalue weighted by atomic mass is 10.3. The molecule has 15 heavy (non-hydrogen) atoms. The van der Waals surface area contributed by atoms with E-state index in [-0.39, 0.29) is 17.5 Å². The van der Waals surface area contributed by atoms with Gasteiger partial charge in [-0.15, -0.1) is 0 Å². The maximum absolute atomic E-state index is 10.9. The van der Waals surface area contributed by atoms with Crippen molar-refractivity contribution < 1.29 is 4.79 Å².